The SMILES string of the molecule is CCCCOc1ccc(NC(=S)NCC)cc1. The van der Waals surface area contributed by atoms with Gasteiger partial charge in [0.05, 0.1) is 6.61 Å². The van der Waals surface area contributed by atoms with Crippen LogP contribution in [0.15, 0.2) is 24.3 Å². The molecule has 0 aromatic heterocycles. The maximum absolute atomic E-state index is 5.58. The lowest BCUT2D eigenvalue weighted by molar-refractivity contribution is 0.309. The van der Waals surface area contributed by atoms with Gasteiger partial charge in [-0.2, -0.15) is 0 Å². The monoisotopic (exact) mass is 252 g/mol. The van der Waals surface area contributed by atoms with Crippen molar-refractivity contribution in [3.8, 4) is 5.75 Å². The van der Waals surface area contributed by atoms with Crippen molar-refractivity contribution in [2.45, 2.75) is 26.7 Å². The summed E-state index contributed by atoms with van der Waals surface area (Å²) in [6.45, 7) is 5.76. The van der Waals surface area contributed by atoms with Gasteiger partial charge in [0.2, 0.25) is 0 Å². The van der Waals surface area contributed by atoms with Crippen molar-refractivity contribution in [3.05, 3.63) is 24.3 Å². The average Bonchev–Trinajstić information content (AvgIpc) is 2.32. The van der Waals surface area contributed by atoms with Crippen molar-refractivity contribution in [1.29, 1.82) is 0 Å². The fourth-order valence-electron chi connectivity index (χ4n) is 1.30. The Labute approximate surface area is 109 Å². The fourth-order valence-corrected chi connectivity index (χ4v) is 1.57. The van der Waals surface area contributed by atoms with E-state index < -0.39 is 0 Å². The van der Waals surface area contributed by atoms with Crippen molar-refractivity contribution in [2.75, 3.05) is 18.5 Å². The normalized spacial score (nSPS) is 9.76. The predicted octanol–water partition coefficient (Wildman–Crippen LogP) is 3.17. The molecule has 0 unspecified atom stereocenters. The third-order valence-electron chi connectivity index (χ3n) is 2.22. The Morgan fingerprint density at radius 2 is 1.94 bits per heavy atom. The minimum atomic E-state index is 0.646. The van der Waals surface area contributed by atoms with E-state index in [2.05, 4.69) is 17.6 Å². The molecule has 0 saturated heterocycles. The summed E-state index contributed by atoms with van der Waals surface area (Å²) in [5.74, 6) is 0.901. The topological polar surface area (TPSA) is 33.3 Å². The van der Waals surface area contributed by atoms with Crippen molar-refractivity contribution >= 4 is 23.0 Å². The van der Waals surface area contributed by atoms with Gasteiger partial charge in [0, 0.05) is 12.2 Å². The number of ether oxygens (including phenoxy) is 1. The summed E-state index contributed by atoms with van der Waals surface area (Å²) in [6.07, 6.45) is 2.24. The van der Waals surface area contributed by atoms with E-state index in [4.69, 9.17) is 17.0 Å². The molecular formula is C13H20N2OS. The van der Waals surface area contributed by atoms with Crippen LogP contribution in [0.4, 0.5) is 5.69 Å². The molecule has 17 heavy (non-hydrogen) atoms. The van der Waals surface area contributed by atoms with Gasteiger partial charge >= 0.3 is 0 Å². The molecule has 0 spiro atoms. The summed E-state index contributed by atoms with van der Waals surface area (Å²) in [7, 11) is 0. The fraction of sp³-hybridized carbons (Fsp3) is 0.462. The van der Waals surface area contributed by atoms with Crippen LogP contribution in [-0.4, -0.2) is 18.3 Å². The van der Waals surface area contributed by atoms with Crippen LogP contribution in [0, 0.1) is 0 Å². The second kappa shape index (κ2) is 7.90. The zero-order valence-corrected chi connectivity index (χ0v) is 11.3. The quantitative estimate of drug-likeness (QED) is 0.602. The first-order valence-corrected chi connectivity index (χ1v) is 6.44. The van der Waals surface area contributed by atoms with Crippen LogP contribution in [0.5, 0.6) is 5.75 Å². The van der Waals surface area contributed by atoms with E-state index in [-0.39, 0.29) is 0 Å². The molecule has 0 fully saturated rings. The summed E-state index contributed by atoms with van der Waals surface area (Å²) in [5, 5.41) is 6.79. The molecule has 0 bridgehead atoms. The summed E-state index contributed by atoms with van der Waals surface area (Å²) >= 11 is 5.10. The number of thiocarbonyl (C=S) groups is 1. The molecule has 2 N–H and O–H groups in total. The first-order chi connectivity index (χ1) is 8.26. The van der Waals surface area contributed by atoms with Gasteiger partial charge in [0.1, 0.15) is 5.75 Å². The minimum absolute atomic E-state index is 0.646. The number of hydrogen-bond acceptors (Lipinski definition) is 2. The van der Waals surface area contributed by atoms with Gasteiger partial charge in [-0.1, -0.05) is 13.3 Å². The Bertz CT molecular complexity index is 338. The van der Waals surface area contributed by atoms with Crippen LogP contribution in [0.25, 0.3) is 0 Å². The summed E-state index contributed by atoms with van der Waals surface area (Å²) < 4.78 is 5.58. The molecule has 0 aliphatic heterocycles. The Kier molecular flexibility index (Phi) is 6.40. The first-order valence-electron chi connectivity index (χ1n) is 6.04. The zero-order valence-electron chi connectivity index (χ0n) is 10.5. The highest BCUT2D eigenvalue weighted by atomic mass is 32.1. The molecule has 0 saturated carbocycles. The first kappa shape index (κ1) is 13.8. The van der Waals surface area contributed by atoms with Crippen LogP contribution < -0.4 is 15.4 Å². The summed E-state index contributed by atoms with van der Waals surface area (Å²) in [4.78, 5) is 0. The Hall–Kier alpha value is -1.29. The van der Waals surface area contributed by atoms with Gasteiger partial charge in [-0.3, -0.25) is 0 Å². The number of unbranched alkanes of at least 4 members (excludes halogenated alkanes) is 1. The van der Waals surface area contributed by atoms with Crippen LogP contribution in [0.1, 0.15) is 26.7 Å². The number of benzene rings is 1. The molecule has 1 aromatic rings. The van der Waals surface area contributed by atoms with Gasteiger partial charge in [0.15, 0.2) is 5.11 Å². The molecule has 0 aliphatic carbocycles. The van der Waals surface area contributed by atoms with Gasteiger partial charge in [-0.05, 0) is 49.8 Å². The lowest BCUT2D eigenvalue weighted by Crippen LogP contribution is -2.27. The van der Waals surface area contributed by atoms with E-state index in [1.54, 1.807) is 0 Å². The summed E-state index contributed by atoms with van der Waals surface area (Å²) in [6, 6.07) is 7.83. The van der Waals surface area contributed by atoms with Crippen molar-refractivity contribution in [2.24, 2.45) is 0 Å². The third kappa shape index (κ3) is 5.54. The second-order valence-electron chi connectivity index (χ2n) is 3.71. The lowest BCUT2D eigenvalue weighted by Gasteiger charge is -2.10. The standard InChI is InChI=1S/C13H20N2OS/c1-3-5-10-16-12-8-6-11(7-9-12)15-13(17)14-4-2/h6-9H,3-5,10H2,1-2H3,(H2,14,15,17). The zero-order chi connectivity index (χ0) is 12.5. The smallest absolute Gasteiger partial charge is 0.170 e. The van der Waals surface area contributed by atoms with Crippen LogP contribution in [0.2, 0.25) is 0 Å². The number of nitrogens with one attached hydrogen (secondary N) is 2. The van der Waals surface area contributed by atoms with Crippen LogP contribution >= 0.6 is 12.2 Å². The largest absolute Gasteiger partial charge is 0.494 e. The molecule has 3 nitrogen and oxygen atoms in total. The lowest BCUT2D eigenvalue weighted by atomic mass is 10.3. The summed E-state index contributed by atoms with van der Waals surface area (Å²) in [5.41, 5.74) is 0.971. The van der Waals surface area contributed by atoms with Gasteiger partial charge in [-0.25, -0.2) is 0 Å². The highest BCUT2D eigenvalue weighted by Gasteiger charge is 1.97. The Morgan fingerprint density at radius 1 is 1.24 bits per heavy atom. The van der Waals surface area contributed by atoms with E-state index in [1.165, 1.54) is 0 Å². The number of anilines is 1. The molecule has 0 radical (unpaired) electrons. The van der Waals surface area contributed by atoms with Gasteiger partial charge < -0.3 is 15.4 Å². The Morgan fingerprint density at radius 3 is 2.53 bits per heavy atom. The van der Waals surface area contributed by atoms with Gasteiger partial charge in [0.25, 0.3) is 0 Å². The Balaban J connectivity index is 2.41. The van der Waals surface area contributed by atoms with E-state index in [0.29, 0.717) is 5.11 Å². The molecule has 1 aromatic carbocycles. The second-order valence-corrected chi connectivity index (χ2v) is 4.12. The van der Waals surface area contributed by atoms with Crippen LogP contribution in [-0.2, 0) is 0 Å². The molecular weight excluding hydrogens is 232 g/mol. The van der Waals surface area contributed by atoms with E-state index in [9.17, 15) is 0 Å². The highest BCUT2D eigenvalue weighted by Crippen LogP contribution is 2.15. The van der Waals surface area contributed by atoms with Crippen LogP contribution in [0.3, 0.4) is 0 Å². The minimum Gasteiger partial charge on any atom is -0.494 e. The van der Waals surface area contributed by atoms with E-state index in [1.807, 2.05) is 31.2 Å². The maximum atomic E-state index is 5.58. The van der Waals surface area contributed by atoms with E-state index >= 15 is 0 Å². The van der Waals surface area contributed by atoms with Crippen molar-refractivity contribution in [1.82, 2.24) is 5.32 Å². The molecule has 94 valence electrons. The third-order valence-corrected chi connectivity index (χ3v) is 2.46. The molecule has 0 amide bonds. The highest BCUT2D eigenvalue weighted by molar-refractivity contribution is 7.80. The maximum Gasteiger partial charge on any atom is 0.170 e. The molecule has 4 heteroatoms. The van der Waals surface area contributed by atoms with Crippen molar-refractivity contribution in [3.63, 3.8) is 0 Å². The molecule has 0 aliphatic rings. The van der Waals surface area contributed by atoms with Crippen molar-refractivity contribution < 1.29 is 4.74 Å². The number of rotatable bonds is 6. The number of hydrogen-bond donors (Lipinski definition) is 2. The molecule has 0 atom stereocenters. The predicted molar refractivity (Wildman–Crippen MR) is 76.7 cm³/mol. The van der Waals surface area contributed by atoms with Gasteiger partial charge in [-0.15, -0.1) is 0 Å². The van der Waals surface area contributed by atoms with E-state index in [0.717, 1.165) is 37.4 Å². The molecule has 0 heterocycles. The average molecular weight is 252 g/mol. The molecule has 1 rings (SSSR count).